The summed E-state index contributed by atoms with van der Waals surface area (Å²) in [5.41, 5.74) is 0. The van der Waals surface area contributed by atoms with Crippen molar-refractivity contribution in [3.8, 4) is 12.3 Å². The highest BCUT2D eigenvalue weighted by molar-refractivity contribution is 6.28. The molecular formula is C8H8O4. The van der Waals surface area contributed by atoms with Crippen LogP contribution in [0.15, 0.2) is 12.3 Å². The number of terminal acetylenes is 1. The van der Waals surface area contributed by atoms with Gasteiger partial charge >= 0.3 is 11.9 Å². The molecule has 0 aromatic carbocycles. The number of hydrogen-bond donors (Lipinski definition) is 1. The van der Waals surface area contributed by atoms with Gasteiger partial charge in [-0.1, -0.05) is 6.58 Å². The molecule has 0 aromatic heterocycles. The molecule has 1 N–H and O–H groups in total. The predicted octanol–water partition coefficient (Wildman–Crippen LogP) is 0.541. The summed E-state index contributed by atoms with van der Waals surface area (Å²) in [6.07, 6.45) is 5.57. The van der Waals surface area contributed by atoms with Gasteiger partial charge in [0.1, 0.15) is 5.76 Å². The van der Waals surface area contributed by atoms with Gasteiger partial charge in [-0.05, 0) is 0 Å². The lowest BCUT2D eigenvalue weighted by Crippen LogP contribution is -2.15. The van der Waals surface area contributed by atoms with Gasteiger partial charge in [0, 0.05) is 12.8 Å². The highest BCUT2D eigenvalue weighted by Gasteiger charge is 2.13. The van der Waals surface area contributed by atoms with Crippen molar-refractivity contribution < 1.29 is 19.4 Å². The maximum atomic E-state index is 10.4. The van der Waals surface area contributed by atoms with Gasteiger partial charge < -0.3 is 9.84 Å². The van der Waals surface area contributed by atoms with Gasteiger partial charge in [-0.25, -0.2) is 9.59 Å². The van der Waals surface area contributed by atoms with Crippen LogP contribution < -0.4 is 0 Å². The molecule has 0 unspecified atom stereocenters. The molecule has 4 nitrogen and oxygen atoms in total. The van der Waals surface area contributed by atoms with Gasteiger partial charge in [0.25, 0.3) is 0 Å². The average molecular weight is 168 g/mol. The van der Waals surface area contributed by atoms with E-state index in [9.17, 15) is 9.59 Å². The normalized spacial score (nSPS) is 8.25. The Balaban J connectivity index is 3.79. The van der Waals surface area contributed by atoms with Gasteiger partial charge in [0.2, 0.25) is 0 Å². The molecule has 0 fully saturated rings. The van der Waals surface area contributed by atoms with Crippen molar-refractivity contribution in [2.45, 2.75) is 12.8 Å². The van der Waals surface area contributed by atoms with Crippen LogP contribution in [-0.2, 0) is 14.3 Å². The van der Waals surface area contributed by atoms with Crippen LogP contribution >= 0.6 is 0 Å². The Morgan fingerprint density at radius 2 is 2.17 bits per heavy atom. The van der Waals surface area contributed by atoms with Crippen molar-refractivity contribution in [2.75, 3.05) is 0 Å². The molecule has 4 heteroatoms. The van der Waals surface area contributed by atoms with Crippen molar-refractivity contribution >= 4 is 11.9 Å². The van der Waals surface area contributed by atoms with Crippen LogP contribution in [0.3, 0.4) is 0 Å². The minimum absolute atomic E-state index is 0.0698. The quantitative estimate of drug-likeness (QED) is 0.289. The van der Waals surface area contributed by atoms with Crippen molar-refractivity contribution in [3.63, 3.8) is 0 Å². The van der Waals surface area contributed by atoms with Crippen LogP contribution in [0.5, 0.6) is 0 Å². The van der Waals surface area contributed by atoms with E-state index in [1.807, 2.05) is 0 Å². The fourth-order valence-corrected chi connectivity index (χ4v) is 0.437. The van der Waals surface area contributed by atoms with E-state index in [1.54, 1.807) is 0 Å². The number of allylic oxidation sites excluding steroid dienone is 1. The summed E-state index contributed by atoms with van der Waals surface area (Å²) in [4.78, 5) is 20.3. The number of hydrogen-bond acceptors (Lipinski definition) is 3. The van der Waals surface area contributed by atoms with Crippen molar-refractivity contribution in [2.24, 2.45) is 0 Å². The third kappa shape index (κ3) is 4.12. The summed E-state index contributed by atoms with van der Waals surface area (Å²) in [7, 11) is 0. The van der Waals surface area contributed by atoms with Crippen LogP contribution in [0.25, 0.3) is 0 Å². The van der Waals surface area contributed by atoms with Crippen LogP contribution in [0.1, 0.15) is 12.8 Å². The zero-order valence-corrected chi connectivity index (χ0v) is 6.37. The monoisotopic (exact) mass is 168 g/mol. The highest BCUT2D eigenvalue weighted by atomic mass is 16.6. The molecule has 0 saturated heterocycles. The van der Waals surface area contributed by atoms with Crippen molar-refractivity contribution in [1.29, 1.82) is 0 Å². The maximum Gasteiger partial charge on any atom is 0.422 e. The van der Waals surface area contributed by atoms with Crippen LogP contribution in [0.4, 0.5) is 0 Å². The molecule has 0 aliphatic carbocycles. The molecule has 0 aliphatic rings. The zero-order valence-electron chi connectivity index (χ0n) is 6.37. The number of aliphatic carboxylic acids is 1. The van der Waals surface area contributed by atoms with E-state index in [4.69, 9.17) is 11.5 Å². The molecule has 0 atom stereocenters. The smallest absolute Gasteiger partial charge is 0.422 e. The maximum absolute atomic E-state index is 10.4. The van der Waals surface area contributed by atoms with Crippen LogP contribution in [0.2, 0.25) is 0 Å². The van der Waals surface area contributed by atoms with Crippen molar-refractivity contribution in [1.82, 2.24) is 0 Å². The second kappa shape index (κ2) is 4.97. The zero-order chi connectivity index (χ0) is 9.56. The average Bonchev–Trinajstić information content (AvgIpc) is 2.00. The lowest BCUT2D eigenvalue weighted by atomic mass is 10.3. The molecule has 0 bridgehead atoms. The summed E-state index contributed by atoms with van der Waals surface area (Å²) in [6.45, 7) is 3.31. The third-order valence-corrected chi connectivity index (χ3v) is 0.960. The Bertz CT molecular complexity index is 246. The van der Waals surface area contributed by atoms with E-state index in [1.165, 1.54) is 0 Å². The van der Waals surface area contributed by atoms with E-state index in [-0.39, 0.29) is 12.2 Å². The Morgan fingerprint density at radius 1 is 1.58 bits per heavy atom. The van der Waals surface area contributed by atoms with E-state index in [0.717, 1.165) is 0 Å². The lowest BCUT2D eigenvalue weighted by molar-refractivity contribution is -0.161. The number of esters is 1. The topological polar surface area (TPSA) is 63.6 Å². The first-order chi connectivity index (χ1) is 5.57. The number of carbonyl (C=O) groups excluding carboxylic acids is 1. The molecule has 12 heavy (non-hydrogen) atoms. The van der Waals surface area contributed by atoms with Crippen LogP contribution in [0, 0.1) is 12.3 Å². The highest BCUT2D eigenvalue weighted by Crippen LogP contribution is 2.03. The second-order valence-electron chi connectivity index (χ2n) is 1.94. The number of carboxylic acid groups (broad SMARTS) is 1. The van der Waals surface area contributed by atoms with Gasteiger partial charge in [0.05, 0.1) is 0 Å². The Hall–Kier alpha value is -1.76. The standard InChI is InChI=1S/C8H8O4/c1-3-4-5-6(2)12-8(11)7(9)10/h1H,2,4-5H2,(H,9,10). The first kappa shape index (κ1) is 10.2. The molecule has 64 valence electrons. The molecule has 0 aromatic rings. The first-order valence-corrected chi connectivity index (χ1v) is 3.14. The Morgan fingerprint density at radius 3 is 2.58 bits per heavy atom. The summed E-state index contributed by atoms with van der Waals surface area (Å²) < 4.78 is 4.29. The molecule has 0 heterocycles. The van der Waals surface area contributed by atoms with Gasteiger partial charge in [0.15, 0.2) is 0 Å². The fraction of sp³-hybridized carbons (Fsp3) is 0.250. The fourth-order valence-electron chi connectivity index (χ4n) is 0.437. The molecular weight excluding hydrogens is 160 g/mol. The molecule has 0 radical (unpaired) electrons. The predicted molar refractivity (Wildman–Crippen MR) is 40.9 cm³/mol. The third-order valence-electron chi connectivity index (χ3n) is 0.960. The minimum atomic E-state index is -1.64. The molecule has 0 aliphatic heterocycles. The number of carboxylic acids is 1. The first-order valence-electron chi connectivity index (χ1n) is 3.14. The minimum Gasteiger partial charge on any atom is -0.473 e. The van der Waals surface area contributed by atoms with E-state index < -0.39 is 11.9 Å². The van der Waals surface area contributed by atoms with Gasteiger partial charge in [-0.3, -0.25) is 0 Å². The number of ether oxygens (including phenoxy) is 1. The Kier molecular flexibility index (Phi) is 4.24. The molecule has 0 rings (SSSR count). The lowest BCUT2D eigenvalue weighted by Gasteiger charge is -2.01. The van der Waals surface area contributed by atoms with E-state index in [0.29, 0.717) is 6.42 Å². The SMILES string of the molecule is C#CCCC(=C)OC(=O)C(=O)O. The summed E-state index contributed by atoms with van der Waals surface area (Å²) >= 11 is 0. The van der Waals surface area contributed by atoms with Gasteiger partial charge in [-0.2, -0.15) is 0 Å². The number of carbonyl (C=O) groups is 2. The molecule has 0 saturated carbocycles. The van der Waals surface area contributed by atoms with Gasteiger partial charge in [-0.15, -0.1) is 12.3 Å². The molecule has 0 amide bonds. The van der Waals surface area contributed by atoms with E-state index in [2.05, 4.69) is 17.2 Å². The van der Waals surface area contributed by atoms with Crippen LogP contribution in [-0.4, -0.2) is 17.0 Å². The summed E-state index contributed by atoms with van der Waals surface area (Å²) in [5, 5.41) is 8.10. The number of rotatable bonds is 3. The largest absolute Gasteiger partial charge is 0.473 e. The summed E-state index contributed by atoms with van der Waals surface area (Å²) in [6, 6.07) is 0. The van der Waals surface area contributed by atoms with E-state index >= 15 is 0 Å². The Labute approximate surface area is 69.8 Å². The molecule has 0 spiro atoms. The summed E-state index contributed by atoms with van der Waals surface area (Å²) in [5.74, 6) is -0.607. The second-order valence-corrected chi connectivity index (χ2v) is 1.94. The van der Waals surface area contributed by atoms with Crippen molar-refractivity contribution in [3.05, 3.63) is 12.3 Å².